The highest BCUT2D eigenvalue weighted by atomic mass is 16.2. The molecule has 4 amide bonds. The summed E-state index contributed by atoms with van der Waals surface area (Å²) in [7, 11) is 0. The zero-order chi connectivity index (χ0) is 16.8. The largest absolute Gasteiger partial charge is 0.352 e. The standard InChI is InChI=1S/C14H22N4O4/c1-3-4-11(20)17-8-12(21)18-14(9(2)19)7-10(14)5-6-16-13(15)22/h3,10H,1,4-8H2,2H3,(H,17,20)(H,18,21)(H3,15,16,22). The van der Waals surface area contributed by atoms with E-state index in [0.29, 0.717) is 19.4 Å². The highest BCUT2D eigenvalue weighted by Crippen LogP contribution is 2.46. The number of hydrogen-bond acceptors (Lipinski definition) is 4. The molecule has 1 aliphatic carbocycles. The minimum atomic E-state index is -0.889. The van der Waals surface area contributed by atoms with Crippen molar-refractivity contribution in [2.24, 2.45) is 11.7 Å². The summed E-state index contributed by atoms with van der Waals surface area (Å²) < 4.78 is 0. The van der Waals surface area contributed by atoms with E-state index in [4.69, 9.17) is 5.73 Å². The van der Waals surface area contributed by atoms with Crippen molar-refractivity contribution in [2.45, 2.75) is 31.7 Å². The van der Waals surface area contributed by atoms with Crippen molar-refractivity contribution in [2.75, 3.05) is 13.1 Å². The molecule has 0 aromatic rings. The van der Waals surface area contributed by atoms with Crippen molar-refractivity contribution < 1.29 is 19.2 Å². The van der Waals surface area contributed by atoms with Gasteiger partial charge in [-0.25, -0.2) is 4.79 Å². The fourth-order valence-electron chi connectivity index (χ4n) is 2.40. The van der Waals surface area contributed by atoms with E-state index < -0.39 is 17.5 Å². The molecule has 0 spiro atoms. The van der Waals surface area contributed by atoms with Gasteiger partial charge in [-0.2, -0.15) is 0 Å². The Hall–Kier alpha value is -2.38. The normalized spacial score (nSPS) is 22.3. The number of nitrogens with one attached hydrogen (secondary N) is 3. The second-order valence-corrected chi connectivity index (χ2v) is 5.33. The molecule has 2 atom stereocenters. The maximum atomic E-state index is 11.8. The average molecular weight is 310 g/mol. The molecule has 2 unspecified atom stereocenters. The van der Waals surface area contributed by atoms with Crippen molar-refractivity contribution in [1.29, 1.82) is 0 Å². The van der Waals surface area contributed by atoms with E-state index in [0.717, 1.165) is 0 Å². The predicted molar refractivity (Wildman–Crippen MR) is 79.7 cm³/mol. The Morgan fingerprint density at radius 3 is 2.50 bits per heavy atom. The quantitative estimate of drug-likeness (QED) is 0.415. The van der Waals surface area contributed by atoms with Gasteiger partial charge < -0.3 is 21.7 Å². The van der Waals surface area contributed by atoms with Gasteiger partial charge in [-0.1, -0.05) is 6.08 Å². The Balaban J connectivity index is 2.44. The van der Waals surface area contributed by atoms with Crippen LogP contribution < -0.4 is 21.7 Å². The van der Waals surface area contributed by atoms with E-state index in [1.165, 1.54) is 13.0 Å². The number of rotatable bonds is 9. The monoisotopic (exact) mass is 310 g/mol. The molecular formula is C14H22N4O4. The lowest BCUT2D eigenvalue weighted by Gasteiger charge is -2.17. The number of carbonyl (C=O) groups is 4. The van der Waals surface area contributed by atoms with Crippen LogP contribution in [0.2, 0.25) is 0 Å². The van der Waals surface area contributed by atoms with Crippen molar-refractivity contribution in [3.63, 3.8) is 0 Å². The third-order valence-electron chi connectivity index (χ3n) is 3.66. The number of hydrogen-bond donors (Lipinski definition) is 4. The molecule has 1 aliphatic rings. The number of urea groups is 1. The second kappa shape index (κ2) is 7.58. The van der Waals surface area contributed by atoms with Crippen LogP contribution in [0.4, 0.5) is 4.79 Å². The van der Waals surface area contributed by atoms with Crippen LogP contribution in [0.1, 0.15) is 26.2 Å². The minimum Gasteiger partial charge on any atom is -0.352 e. The maximum absolute atomic E-state index is 11.8. The molecule has 0 aliphatic heterocycles. The lowest BCUT2D eigenvalue weighted by atomic mass is 10.1. The van der Waals surface area contributed by atoms with E-state index >= 15 is 0 Å². The first-order valence-corrected chi connectivity index (χ1v) is 7.04. The van der Waals surface area contributed by atoms with Crippen LogP contribution in [0.5, 0.6) is 0 Å². The van der Waals surface area contributed by atoms with E-state index in [1.807, 2.05) is 0 Å². The summed E-state index contributed by atoms with van der Waals surface area (Å²) in [5.41, 5.74) is 4.08. The number of carbonyl (C=O) groups excluding carboxylic acids is 4. The minimum absolute atomic E-state index is 0.0373. The Bertz CT molecular complexity index is 491. The van der Waals surface area contributed by atoms with E-state index in [-0.39, 0.29) is 30.6 Å². The van der Waals surface area contributed by atoms with Gasteiger partial charge in [-0.05, 0) is 25.7 Å². The molecule has 0 saturated heterocycles. The Kier molecular flexibility index (Phi) is 6.09. The van der Waals surface area contributed by atoms with Crippen LogP contribution in [-0.2, 0) is 14.4 Å². The Morgan fingerprint density at radius 2 is 1.95 bits per heavy atom. The van der Waals surface area contributed by atoms with Crippen molar-refractivity contribution >= 4 is 23.6 Å². The highest BCUT2D eigenvalue weighted by Gasteiger charge is 2.58. The van der Waals surface area contributed by atoms with Crippen LogP contribution in [0.3, 0.4) is 0 Å². The van der Waals surface area contributed by atoms with Crippen LogP contribution in [0.15, 0.2) is 12.7 Å². The lowest BCUT2D eigenvalue weighted by molar-refractivity contribution is -0.129. The van der Waals surface area contributed by atoms with Gasteiger partial charge >= 0.3 is 6.03 Å². The first-order chi connectivity index (χ1) is 10.3. The molecule has 1 fully saturated rings. The molecule has 0 radical (unpaired) electrons. The summed E-state index contributed by atoms with van der Waals surface area (Å²) in [5, 5.41) is 7.57. The SMILES string of the molecule is C=CCC(=O)NCC(=O)NC1(C(C)=O)CC1CCNC(N)=O. The second-order valence-electron chi connectivity index (χ2n) is 5.33. The van der Waals surface area contributed by atoms with Crippen LogP contribution >= 0.6 is 0 Å². The van der Waals surface area contributed by atoms with Gasteiger partial charge in [0.15, 0.2) is 5.78 Å². The number of Topliss-reactive ketones (excluding diaryl/α,β-unsaturated/α-hetero) is 1. The predicted octanol–water partition coefficient (Wildman–Crippen LogP) is -0.799. The van der Waals surface area contributed by atoms with Gasteiger partial charge in [0.05, 0.1) is 6.54 Å². The molecule has 8 nitrogen and oxygen atoms in total. The van der Waals surface area contributed by atoms with Crippen LogP contribution in [0.25, 0.3) is 0 Å². The summed E-state index contributed by atoms with van der Waals surface area (Å²) in [6.45, 7) is 5.00. The number of nitrogens with two attached hydrogens (primary N) is 1. The first kappa shape index (κ1) is 17.7. The number of primary amides is 1. The lowest BCUT2D eigenvalue weighted by Crippen LogP contribution is -2.48. The summed E-state index contributed by atoms with van der Waals surface area (Å²) in [4.78, 5) is 45.5. The fourth-order valence-corrected chi connectivity index (χ4v) is 2.40. The zero-order valence-electron chi connectivity index (χ0n) is 12.6. The summed E-state index contributed by atoms with van der Waals surface area (Å²) in [6, 6.07) is -0.622. The van der Waals surface area contributed by atoms with E-state index in [9.17, 15) is 19.2 Å². The van der Waals surface area contributed by atoms with Gasteiger partial charge in [0, 0.05) is 13.0 Å². The number of amides is 4. The molecular weight excluding hydrogens is 288 g/mol. The molecule has 0 bridgehead atoms. The van der Waals surface area contributed by atoms with Gasteiger partial charge in [-0.15, -0.1) is 6.58 Å². The van der Waals surface area contributed by atoms with Crippen molar-refractivity contribution in [1.82, 2.24) is 16.0 Å². The van der Waals surface area contributed by atoms with E-state index in [2.05, 4.69) is 22.5 Å². The molecule has 0 aromatic carbocycles. The van der Waals surface area contributed by atoms with E-state index in [1.54, 1.807) is 0 Å². The van der Waals surface area contributed by atoms with Gasteiger partial charge in [0.2, 0.25) is 11.8 Å². The fraction of sp³-hybridized carbons (Fsp3) is 0.571. The average Bonchev–Trinajstić information content (AvgIpc) is 3.11. The molecule has 8 heteroatoms. The molecule has 1 saturated carbocycles. The van der Waals surface area contributed by atoms with Crippen molar-refractivity contribution in [3.05, 3.63) is 12.7 Å². The Labute approximate surface area is 128 Å². The molecule has 22 heavy (non-hydrogen) atoms. The summed E-state index contributed by atoms with van der Waals surface area (Å²) in [5.74, 6) is -0.898. The smallest absolute Gasteiger partial charge is 0.312 e. The third kappa shape index (κ3) is 4.87. The molecule has 5 N–H and O–H groups in total. The molecule has 122 valence electrons. The first-order valence-electron chi connectivity index (χ1n) is 7.04. The topological polar surface area (TPSA) is 130 Å². The Morgan fingerprint density at radius 1 is 1.27 bits per heavy atom. The molecule has 0 heterocycles. The molecule has 0 aromatic heterocycles. The maximum Gasteiger partial charge on any atom is 0.312 e. The van der Waals surface area contributed by atoms with Crippen LogP contribution in [-0.4, -0.2) is 42.3 Å². The van der Waals surface area contributed by atoms with Crippen molar-refractivity contribution in [3.8, 4) is 0 Å². The zero-order valence-corrected chi connectivity index (χ0v) is 12.6. The third-order valence-corrected chi connectivity index (χ3v) is 3.66. The van der Waals surface area contributed by atoms with Gasteiger partial charge in [-0.3, -0.25) is 14.4 Å². The number of ketones is 1. The molecule has 1 rings (SSSR count). The summed E-state index contributed by atoms with van der Waals surface area (Å²) >= 11 is 0. The van der Waals surface area contributed by atoms with Gasteiger partial charge in [0.1, 0.15) is 5.54 Å². The summed E-state index contributed by atoms with van der Waals surface area (Å²) in [6.07, 6.45) is 2.64. The van der Waals surface area contributed by atoms with Crippen LogP contribution in [0, 0.1) is 5.92 Å². The van der Waals surface area contributed by atoms with Gasteiger partial charge in [0.25, 0.3) is 0 Å². The highest BCUT2D eigenvalue weighted by molar-refractivity contribution is 5.95.